The van der Waals surface area contributed by atoms with E-state index in [2.05, 4.69) is 20.8 Å². The second-order valence-corrected chi connectivity index (χ2v) is 8.96. The van der Waals surface area contributed by atoms with Gasteiger partial charge >= 0.3 is 0 Å². The zero-order valence-electron chi connectivity index (χ0n) is 19.3. The number of nitrogens with zero attached hydrogens (tertiary/aromatic N) is 2. The first-order valence-electron chi connectivity index (χ1n) is 11.7. The summed E-state index contributed by atoms with van der Waals surface area (Å²) in [5, 5.41) is 10.1. The predicted octanol–water partition coefficient (Wildman–Crippen LogP) is 5.48. The fraction of sp³-hybridized carbons (Fsp3) is 0.346. The molecule has 2 aromatic carbocycles. The molecule has 0 aliphatic heterocycles. The van der Waals surface area contributed by atoms with E-state index in [1.165, 1.54) is 30.6 Å². The number of hydrazone groups is 1. The van der Waals surface area contributed by atoms with Gasteiger partial charge in [0.05, 0.1) is 18.5 Å². The van der Waals surface area contributed by atoms with Crippen LogP contribution >= 0.6 is 11.3 Å². The van der Waals surface area contributed by atoms with E-state index in [-0.39, 0.29) is 18.6 Å². The van der Waals surface area contributed by atoms with Crippen molar-refractivity contribution in [3.05, 3.63) is 59.5 Å². The quantitative estimate of drug-likeness (QED) is 0.298. The maximum absolute atomic E-state index is 12.3. The molecule has 0 atom stereocenters. The Morgan fingerprint density at radius 2 is 1.94 bits per heavy atom. The molecular weight excluding hydrogens is 448 g/mol. The van der Waals surface area contributed by atoms with Crippen LogP contribution in [0.2, 0.25) is 0 Å². The number of hydrogen-bond donors (Lipinski definition) is 2. The molecule has 0 bridgehead atoms. The maximum Gasteiger partial charge on any atom is 0.258 e. The minimum Gasteiger partial charge on any atom is -0.490 e. The molecule has 1 aromatic heterocycles. The molecule has 2 N–H and O–H groups in total. The maximum atomic E-state index is 12.3. The highest BCUT2D eigenvalue weighted by Crippen LogP contribution is 2.28. The third-order valence-corrected chi connectivity index (χ3v) is 6.29. The fourth-order valence-corrected chi connectivity index (χ4v) is 4.55. The number of benzene rings is 2. The Morgan fingerprint density at radius 3 is 2.74 bits per heavy atom. The van der Waals surface area contributed by atoms with Gasteiger partial charge in [0.2, 0.25) is 5.13 Å². The minimum atomic E-state index is -0.0949. The summed E-state index contributed by atoms with van der Waals surface area (Å²) >= 11 is 1.50. The number of carbonyl (C=O) groups is 1. The first kappa shape index (κ1) is 23.8. The van der Waals surface area contributed by atoms with E-state index < -0.39 is 0 Å². The molecule has 0 spiro atoms. The molecule has 34 heavy (non-hydrogen) atoms. The Morgan fingerprint density at radius 1 is 1.12 bits per heavy atom. The molecule has 0 unspecified atom stereocenters. The summed E-state index contributed by atoms with van der Waals surface area (Å²) < 4.78 is 11.5. The molecule has 1 aliphatic rings. The zero-order valence-corrected chi connectivity index (χ0v) is 20.1. The molecular formula is C26H30N4O3S. The van der Waals surface area contributed by atoms with E-state index in [1.807, 2.05) is 54.8 Å². The van der Waals surface area contributed by atoms with Gasteiger partial charge in [-0.25, -0.2) is 4.98 Å². The lowest BCUT2D eigenvalue weighted by molar-refractivity contribution is -0.124. The van der Waals surface area contributed by atoms with Crippen LogP contribution in [-0.2, 0) is 4.79 Å². The van der Waals surface area contributed by atoms with Gasteiger partial charge in [-0.1, -0.05) is 49.6 Å². The third-order valence-electron chi connectivity index (χ3n) is 5.54. The van der Waals surface area contributed by atoms with Gasteiger partial charge in [0.1, 0.15) is 0 Å². The number of aromatic nitrogens is 1. The van der Waals surface area contributed by atoms with Crippen LogP contribution in [0, 0.1) is 0 Å². The Kier molecular flexibility index (Phi) is 8.51. The number of ether oxygens (including phenoxy) is 2. The van der Waals surface area contributed by atoms with E-state index in [0.29, 0.717) is 23.2 Å². The Hall–Kier alpha value is -3.39. The molecule has 3 aromatic rings. The number of nitrogens with one attached hydrogen (secondary N) is 2. The molecule has 1 fully saturated rings. The van der Waals surface area contributed by atoms with Crippen molar-refractivity contribution in [2.24, 2.45) is 5.10 Å². The van der Waals surface area contributed by atoms with Crippen molar-refractivity contribution >= 4 is 28.6 Å². The molecule has 1 amide bonds. The minimum absolute atomic E-state index is 0.0284. The van der Waals surface area contributed by atoms with Gasteiger partial charge in [-0.2, -0.15) is 5.10 Å². The number of carbonyl (C=O) groups excluding carboxylic acids is 1. The SMILES string of the molecule is CCOc1cc(C=NNc2nc(-c3ccccc3)cs2)ccc1OCC(=O)NC1CCCCC1. The summed E-state index contributed by atoms with van der Waals surface area (Å²) in [7, 11) is 0. The summed E-state index contributed by atoms with van der Waals surface area (Å²) in [6, 6.07) is 15.8. The monoisotopic (exact) mass is 478 g/mol. The summed E-state index contributed by atoms with van der Waals surface area (Å²) in [6.07, 6.45) is 7.40. The molecule has 8 heteroatoms. The lowest BCUT2D eigenvalue weighted by Gasteiger charge is -2.22. The lowest BCUT2D eigenvalue weighted by Crippen LogP contribution is -2.39. The molecule has 1 heterocycles. The van der Waals surface area contributed by atoms with Gasteiger partial charge in [0.15, 0.2) is 18.1 Å². The van der Waals surface area contributed by atoms with Crippen molar-refractivity contribution in [3.8, 4) is 22.8 Å². The van der Waals surface area contributed by atoms with E-state index in [0.717, 1.165) is 29.7 Å². The highest BCUT2D eigenvalue weighted by molar-refractivity contribution is 7.14. The van der Waals surface area contributed by atoms with Crippen molar-refractivity contribution in [1.82, 2.24) is 10.3 Å². The second kappa shape index (κ2) is 12.2. The number of rotatable bonds is 10. The van der Waals surface area contributed by atoms with Crippen LogP contribution in [0.5, 0.6) is 11.5 Å². The number of hydrogen-bond acceptors (Lipinski definition) is 7. The van der Waals surface area contributed by atoms with Crippen LogP contribution in [0.3, 0.4) is 0 Å². The van der Waals surface area contributed by atoms with Crippen molar-refractivity contribution in [2.75, 3.05) is 18.6 Å². The molecule has 178 valence electrons. The van der Waals surface area contributed by atoms with Crippen LogP contribution in [0.15, 0.2) is 59.0 Å². The largest absolute Gasteiger partial charge is 0.490 e. The molecule has 4 rings (SSSR count). The van der Waals surface area contributed by atoms with Crippen LogP contribution in [0.4, 0.5) is 5.13 Å². The standard InChI is InChI=1S/C26H30N4O3S/c1-2-32-24-15-19(13-14-23(24)33-17-25(31)28-21-11-7-4-8-12-21)16-27-30-26-29-22(18-34-26)20-9-5-3-6-10-20/h3,5-6,9-10,13-16,18,21H,2,4,7-8,11-12,17H2,1H3,(H,28,31)(H,29,30). The number of amides is 1. The van der Waals surface area contributed by atoms with Gasteiger partial charge in [-0.3, -0.25) is 10.2 Å². The average molecular weight is 479 g/mol. The zero-order chi connectivity index (χ0) is 23.6. The molecule has 1 aliphatic carbocycles. The highest BCUT2D eigenvalue weighted by Gasteiger charge is 2.16. The smallest absolute Gasteiger partial charge is 0.258 e. The second-order valence-electron chi connectivity index (χ2n) is 8.10. The first-order valence-corrected chi connectivity index (χ1v) is 12.6. The van der Waals surface area contributed by atoms with E-state index in [1.54, 1.807) is 12.3 Å². The predicted molar refractivity (Wildman–Crippen MR) is 137 cm³/mol. The summed E-state index contributed by atoms with van der Waals surface area (Å²) in [4.78, 5) is 16.8. The first-order chi connectivity index (χ1) is 16.7. The van der Waals surface area contributed by atoms with Crippen molar-refractivity contribution < 1.29 is 14.3 Å². The topological polar surface area (TPSA) is 84.8 Å². The van der Waals surface area contributed by atoms with Gasteiger partial charge in [-0.05, 0) is 43.5 Å². The lowest BCUT2D eigenvalue weighted by atomic mass is 9.95. The molecule has 0 saturated heterocycles. The van der Waals surface area contributed by atoms with E-state index in [9.17, 15) is 4.79 Å². The summed E-state index contributed by atoms with van der Waals surface area (Å²) in [6.45, 7) is 2.37. The van der Waals surface area contributed by atoms with Gasteiger partial charge in [-0.15, -0.1) is 11.3 Å². The van der Waals surface area contributed by atoms with Crippen molar-refractivity contribution in [3.63, 3.8) is 0 Å². The third kappa shape index (κ3) is 6.81. The van der Waals surface area contributed by atoms with Crippen molar-refractivity contribution in [2.45, 2.75) is 45.1 Å². The molecule has 7 nitrogen and oxygen atoms in total. The summed E-state index contributed by atoms with van der Waals surface area (Å²) in [5.74, 6) is 1.03. The van der Waals surface area contributed by atoms with Crippen LogP contribution in [0.1, 0.15) is 44.6 Å². The van der Waals surface area contributed by atoms with Crippen LogP contribution in [0.25, 0.3) is 11.3 Å². The highest BCUT2D eigenvalue weighted by atomic mass is 32.1. The molecule has 1 saturated carbocycles. The van der Waals surface area contributed by atoms with E-state index in [4.69, 9.17) is 9.47 Å². The molecule has 0 radical (unpaired) electrons. The number of anilines is 1. The van der Waals surface area contributed by atoms with Gasteiger partial charge in [0.25, 0.3) is 5.91 Å². The average Bonchev–Trinajstić information content (AvgIpc) is 3.34. The van der Waals surface area contributed by atoms with Crippen molar-refractivity contribution in [1.29, 1.82) is 0 Å². The van der Waals surface area contributed by atoms with Crippen LogP contribution in [-0.4, -0.2) is 36.4 Å². The van der Waals surface area contributed by atoms with E-state index >= 15 is 0 Å². The summed E-state index contributed by atoms with van der Waals surface area (Å²) in [5.41, 5.74) is 5.80. The fourth-order valence-electron chi connectivity index (χ4n) is 3.88. The Balaban J connectivity index is 1.33. The van der Waals surface area contributed by atoms with Gasteiger partial charge < -0.3 is 14.8 Å². The Bertz CT molecular complexity index is 1090. The number of thiazole rings is 1. The van der Waals surface area contributed by atoms with Gasteiger partial charge in [0, 0.05) is 17.0 Å². The normalized spacial score (nSPS) is 14.1. The van der Waals surface area contributed by atoms with Crippen LogP contribution < -0.4 is 20.2 Å². The Labute approximate surface area is 204 Å².